The number of quaternary nitrogens is 1. The van der Waals surface area contributed by atoms with Gasteiger partial charge in [-0.25, -0.2) is 0 Å². The van der Waals surface area contributed by atoms with E-state index in [1.807, 2.05) is 52.1 Å². The largest absolute Gasteiger partial charge is 0.491 e. The van der Waals surface area contributed by atoms with Gasteiger partial charge in [0.1, 0.15) is 23.9 Å². The van der Waals surface area contributed by atoms with E-state index in [1.54, 1.807) is 29.7 Å². The molecule has 2 rings (SSSR count). The first-order chi connectivity index (χ1) is 13.4. The maximum absolute atomic E-state index is 12.5. The molecule has 28 heavy (non-hydrogen) atoms. The summed E-state index contributed by atoms with van der Waals surface area (Å²) in [4.78, 5) is 12.5. The number of amides is 1. The number of rotatable bonds is 8. The molecule has 4 N–H and O–H groups in total. The van der Waals surface area contributed by atoms with Crippen molar-refractivity contribution in [2.75, 3.05) is 7.05 Å². The first-order valence-electron chi connectivity index (χ1n) is 9.24. The highest BCUT2D eigenvalue weighted by atomic mass is 16.5. The summed E-state index contributed by atoms with van der Waals surface area (Å²) in [6.07, 6.45) is 3.17. The highest BCUT2D eigenvalue weighted by Crippen LogP contribution is 2.25. The molecule has 2 aromatic rings. The van der Waals surface area contributed by atoms with Gasteiger partial charge in [0.15, 0.2) is 0 Å². The first kappa shape index (κ1) is 21.2. The minimum atomic E-state index is -0.388. The average molecular weight is 382 g/mol. The molecule has 6 nitrogen and oxygen atoms in total. The van der Waals surface area contributed by atoms with Crippen LogP contribution in [0.15, 0.2) is 54.7 Å². The second-order valence-electron chi connectivity index (χ2n) is 6.64. The van der Waals surface area contributed by atoms with Crippen molar-refractivity contribution in [3.8, 4) is 11.5 Å². The van der Waals surface area contributed by atoms with Crippen molar-refractivity contribution in [1.82, 2.24) is 5.32 Å². The molecule has 1 amide bonds. The van der Waals surface area contributed by atoms with Gasteiger partial charge in [-0.15, -0.1) is 0 Å². The van der Waals surface area contributed by atoms with Crippen molar-refractivity contribution in [2.45, 2.75) is 33.5 Å². The van der Waals surface area contributed by atoms with Crippen molar-refractivity contribution in [3.63, 3.8) is 0 Å². The van der Waals surface area contributed by atoms with Crippen LogP contribution in [0.5, 0.6) is 11.5 Å². The number of aryl methyl sites for hydroxylation is 1. The van der Waals surface area contributed by atoms with E-state index in [0.29, 0.717) is 23.7 Å². The van der Waals surface area contributed by atoms with Gasteiger partial charge in [0.2, 0.25) is 0 Å². The minimum absolute atomic E-state index is 0.0145. The van der Waals surface area contributed by atoms with Gasteiger partial charge in [-0.2, -0.15) is 0 Å². The third-order valence-electron chi connectivity index (χ3n) is 3.87. The fraction of sp³-hybridized carbons (Fsp3) is 0.273. The quantitative estimate of drug-likeness (QED) is 0.485. The number of carbonyl (C=O) groups excluding carboxylic acids is 1. The molecule has 0 saturated carbocycles. The van der Waals surface area contributed by atoms with E-state index in [-0.39, 0.29) is 17.8 Å². The van der Waals surface area contributed by atoms with Crippen molar-refractivity contribution in [2.24, 2.45) is 0 Å². The maximum Gasteiger partial charge on any atom is 0.257 e. The Morgan fingerprint density at radius 1 is 1.21 bits per heavy atom. The summed E-state index contributed by atoms with van der Waals surface area (Å²) in [7, 11) is 1.84. The Balaban J connectivity index is 2.21. The van der Waals surface area contributed by atoms with Gasteiger partial charge >= 0.3 is 0 Å². The van der Waals surface area contributed by atoms with Crippen LogP contribution in [-0.2, 0) is 6.61 Å². The highest BCUT2D eigenvalue weighted by molar-refractivity contribution is 6.09. The number of nitrogens with one attached hydrogen (secondary N) is 2. The van der Waals surface area contributed by atoms with Crippen LogP contribution in [-0.4, -0.2) is 24.9 Å². The standard InChI is InChI=1S/C22H27N3O3/c1-15(2)28-20-12-18(22(26)25-21(23)9-10-24-4)11-19(13-20)27-14-17-8-6-5-7-16(17)3/h5-13,15,24H,14H2,1-4H3,(H2,23,25,26)/p+1/b10-9-. The summed E-state index contributed by atoms with van der Waals surface area (Å²) in [5.41, 5.74) is 2.59. The van der Waals surface area contributed by atoms with Crippen molar-refractivity contribution < 1.29 is 19.6 Å². The Morgan fingerprint density at radius 2 is 1.93 bits per heavy atom. The number of nitrogens with two attached hydrogens (primary N) is 1. The maximum atomic E-state index is 12.5. The van der Waals surface area contributed by atoms with Gasteiger partial charge in [0.25, 0.3) is 5.91 Å². The SMILES string of the molecule is C[NH2+]/C=C\C(=N)NC(=O)c1cc(OCc2ccccc2C)cc(OC(C)C)c1. The predicted molar refractivity (Wildman–Crippen MR) is 110 cm³/mol. The van der Waals surface area contributed by atoms with Crippen molar-refractivity contribution >= 4 is 11.7 Å². The fourth-order valence-corrected chi connectivity index (χ4v) is 2.49. The zero-order valence-electron chi connectivity index (χ0n) is 16.8. The lowest BCUT2D eigenvalue weighted by Crippen LogP contribution is -2.72. The molecule has 148 valence electrons. The van der Waals surface area contributed by atoms with Gasteiger partial charge in [0.05, 0.1) is 19.4 Å². The third kappa shape index (κ3) is 6.55. The smallest absolute Gasteiger partial charge is 0.257 e. The van der Waals surface area contributed by atoms with E-state index in [1.165, 1.54) is 6.08 Å². The molecule has 0 aliphatic heterocycles. The summed E-state index contributed by atoms with van der Waals surface area (Å²) >= 11 is 0. The van der Waals surface area contributed by atoms with Crippen LogP contribution < -0.4 is 20.1 Å². The van der Waals surface area contributed by atoms with Crippen molar-refractivity contribution in [1.29, 1.82) is 5.41 Å². The minimum Gasteiger partial charge on any atom is -0.491 e. The fourth-order valence-electron chi connectivity index (χ4n) is 2.49. The van der Waals surface area contributed by atoms with E-state index in [2.05, 4.69) is 5.32 Å². The van der Waals surface area contributed by atoms with Gasteiger partial charge in [-0.3, -0.25) is 10.2 Å². The van der Waals surface area contributed by atoms with Gasteiger partial charge < -0.3 is 20.1 Å². The Morgan fingerprint density at radius 3 is 2.61 bits per heavy atom. The summed E-state index contributed by atoms with van der Waals surface area (Å²) in [6.45, 7) is 6.26. The highest BCUT2D eigenvalue weighted by Gasteiger charge is 2.12. The van der Waals surface area contributed by atoms with Crippen LogP contribution >= 0.6 is 0 Å². The van der Waals surface area contributed by atoms with Crippen LogP contribution in [0.25, 0.3) is 0 Å². The van der Waals surface area contributed by atoms with E-state index in [0.717, 1.165) is 11.1 Å². The van der Waals surface area contributed by atoms with Crippen LogP contribution in [0, 0.1) is 12.3 Å². The molecule has 0 unspecified atom stereocenters. The van der Waals surface area contributed by atoms with E-state index >= 15 is 0 Å². The monoisotopic (exact) mass is 382 g/mol. The molecule has 0 aliphatic carbocycles. The second kappa shape index (κ2) is 10.3. The van der Waals surface area contributed by atoms with Gasteiger partial charge in [-0.05, 0) is 44.0 Å². The van der Waals surface area contributed by atoms with Crippen LogP contribution in [0.1, 0.15) is 35.3 Å². The number of hydrogen-bond donors (Lipinski definition) is 3. The number of hydrogen-bond acceptors (Lipinski definition) is 4. The lowest BCUT2D eigenvalue weighted by atomic mass is 10.1. The van der Waals surface area contributed by atoms with Crippen LogP contribution in [0.3, 0.4) is 0 Å². The predicted octanol–water partition coefficient (Wildman–Crippen LogP) is 2.78. The Hall–Kier alpha value is -3.12. The van der Waals surface area contributed by atoms with Gasteiger partial charge in [-0.1, -0.05) is 24.3 Å². The molecular formula is C22H28N3O3+. The normalized spacial score (nSPS) is 10.9. The van der Waals surface area contributed by atoms with Crippen molar-refractivity contribution in [3.05, 3.63) is 71.4 Å². The molecule has 0 heterocycles. The second-order valence-corrected chi connectivity index (χ2v) is 6.64. The molecular weight excluding hydrogens is 354 g/mol. The van der Waals surface area contributed by atoms with E-state index in [9.17, 15) is 4.79 Å². The first-order valence-corrected chi connectivity index (χ1v) is 9.24. The molecule has 0 radical (unpaired) electrons. The Bertz CT molecular complexity index is 860. The average Bonchev–Trinajstić information content (AvgIpc) is 2.65. The van der Waals surface area contributed by atoms with Gasteiger partial charge in [0, 0.05) is 17.7 Å². The number of ether oxygens (including phenoxy) is 2. The molecule has 2 aromatic carbocycles. The lowest BCUT2D eigenvalue weighted by Gasteiger charge is -2.15. The van der Waals surface area contributed by atoms with E-state index in [4.69, 9.17) is 14.9 Å². The molecule has 0 saturated heterocycles. The summed E-state index contributed by atoms with van der Waals surface area (Å²) in [5.74, 6) is 0.711. The molecule has 0 aromatic heterocycles. The molecule has 0 atom stereocenters. The molecule has 0 bridgehead atoms. The topological polar surface area (TPSA) is 88.0 Å². The number of carbonyl (C=O) groups is 1. The third-order valence-corrected chi connectivity index (χ3v) is 3.87. The van der Waals surface area contributed by atoms with Crippen LogP contribution in [0.2, 0.25) is 0 Å². The molecule has 0 spiro atoms. The number of amidine groups is 1. The van der Waals surface area contributed by atoms with E-state index < -0.39 is 0 Å². The Kier molecular flexibility index (Phi) is 7.77. The summed E-state index contributed by atoms with van der Waals surface area (Å²) < 4.78 is 11.7. The van der Waals surface area contributed by atoms with Crippen LogP contribution in [0.4, 0.5) is 0 Å². The summed E-state index contributed by atoms with van der Waals surface area (Å²) in [6, 6.07) is 13.1. The zero-order valence-corrected chi connectivity index (χ0v) is 16.8. The lowest BCUT2D eigenvalue weighted by molar-refractivity contribution is -0.556. The Labute approximate surface area is 166 Å². The number of benzene rings is 2. The summed E-state index contributed by atoms with van der Waals surface area (Å²) in [5, 5.41) is 12.1. The zero-order chi connectivity index (χ0) is 20.5. The molecule has 0 aliphatic rings. The molecule has 6 heteroatoms. The molecule has 0 fully saturated rings.